The Labute approximate surface area is 114 Å². The van der Waals surface area contributed by atoms with Crippen molar-refractivity contribution in [1.29, 1.82) is 0 Å². The molecule has 0 aromatic carbocycles. The van der Waals surface area contributed by atoms with Gasteiger partial charge in [-0.25, -0.2) is 0 Å². The number of hydrogen-bond donors (Lipinski definition) is 4. The molecule has 1 aliphatic rings. The summed E-state index contributed by atoms with van der Waals surface area (Å²) in [6.45, 7) is -0.149. The molecule has 0 aromatic rings. The van der Waals surface area contributed by atoms with Crippen LogP contribution in [0.2, 0.25) is 0 Å². The average Bonchev–Trinajstić information content (AvgIpc) is 2.36. The second-order valence-electron chi connectivity index (χ2n) is 4.74. The molecule has 0 saturated carbocycles. The molecule has 0 aromatic heterocycles. The lowest BCUT2D eigenvalue weighted by Gasteiger charge is -2.35. The molecule has 3 atom stereocenters. The number of carbonyl (C=O) groups is 4. The van der Waals surface area contributed by atoms with Gasteiger partial charge in [-0.3, -0.25) is 19.2 Å². The standard InChI is InChI=1S/C11H17N3O6/c12-7(3-8(13)15)9(16)14-2-1-5(10(17)18)6(4-14)11(19)20/h5-7H,1-4,12H2,(H2,13,15)(H,17,18)(H,19,20). The van der Waals surface area contributed by atoms with Crippen molar-refractivity contribution in [3.63, 3.8) is 0 Å². The Hall–Kier alpha value is -2.16. The van der Waals surface area contributed by atoms with Gasteiger partial charge < -0.3 is 26.6 Å². The monoisotopic (exact) mass is 287 g/mol. The van der Waals surface area contributed by atoms with Crippen LogP contribution in [0.5, 0.6) is 0 Å². The van der Waals surface area contributed by atoms with Crippen molar-refractivity contribution in [2.24, 2.45) is 23.3 Å². The number of amides is 2. The zero-order valence-corrected chi connectivity index (χ0v) is 10.7. The van der Waals surface area contributed by atoms with Crippen LogP contribution in [-0.4, -0.2) is 58.0 Å². The Morgan fingerprint density at radius 3 is 2.15 bits per heavy atom. The number of piperidine rings is 1. The number of aliphatic carboxylic acids is 2. The zero-order valence-electron chi connectivity index (χ0n) is 10.7. The molecule has 2 amide bonds. The first kappa shape index (κ1) is 15.9. The molecule has 1 saturated heterocycles. The number of primary amides is 1. The molecule has 1 heterocycles. The molecule has 9 nitrogen and oxygen atoms in total. The summed E-state index contributed by atoms with van der Waals surface area (Å²) in [7, 11) is 0. The molecule has 0 spiro atoms. The average molecular weight is 287 g/mol. The van der Waals surface area contributed by atoms with E-state index in [2.05, 4.69) is 0 Å². The maximum atomic E-state index is 11.9. The Morgan fingerprint density at radius 2 is 1.70 bits per heavy atom. The minimum Gasteiger partial charge on any atom is -0.481 e. The third kappa shape index (κ3) is 3.67. The van der Waals surface area contributed by atoms with Crippen LogP contribution >= 0.6 is 0 Å². The lowest BCUT2D eigenvalue weighted by atomic mass is 9.85. The fraction of sp³-hybridized carbons (Fsp3) is 0.636. The Balaban J connectivity index is 2.76. The quantitative estimate of drug-likeness (QED) is 0.446. The summed E-state index contributed by atoms with van der Waals surface area (Å²) < 4.78 is 0. The highest BCUT2D eigenvalue weighted by Gasteiger charge is 2.40. The van der Waals surface area contributed by atoms with E-state index in [0.29, 0.717) is 0 Å². The van der Waals surface area contributed by atoms with Gasteiger partial charge in [-0.15, -0.1) is 0 Å². The number of hydrogen-bond acceptors (Lipinski definition) is 5. The second kappa shape index (κ2) is 6.33. The smallest absolute Gasteiger partial charge is 0.309 e. The predicted molar refractivity (Wildman–Crippen MR) is 65.2 cm³/mol. The van der Waals surface area contributed by atoms with Gasteiger partial charge in [0.25, 0.3) is 0 Å². The van der Waals surface area contributed by atoms with Gasteiger partial charge in [-0.2, -0.15) is 0 Å². The van der Waals surface area contributed by atoms with E-state index in [4.69, 9.17) is 21.7 Å². The van der Waals surface area contributed by atoms with E-state index in [1.807, 2.05) is 0 Å². The summed E-state index contributed by atoms with van der Waals surface area (Å²) in [6, 6.07) is -1.14. The van der Waals surface area contributed by atoms with E-state index in [-0.39, 0.29) is 25.9 Å². The van der Waals surface area contributed by atoms with Crippen molar-refractivity contribution >= 4 is 23.8 Å². The normalized spacial score (nSPS) is 23.9. The highest BCUT2D eigenvalue weighted by atomic mass is 16.4. The lowest BCUT2D eigenvalue weighted by molar-refractivity contribution is -0.159. The van der Waals surface area contributed by atoms with Gasteiger partial charge in [-0.1, -0.05) is 0 Å². The highest BCUT2D eigenvalue weighted by Crippen LogP contribution is 2.24. The van der Waals surface area contributed by atoms with Crippen LogP contribution in [0.25, 0.3) is 0 Å². The van der Waals surface area contributed by atoms with Crippen molar-refractivity contribution in [3.05, 3.63) is 0 Å². The molecule has 3 unspecified atom stereocenters. The molecule has 6 N–H and O–H groups in total. The SMILES string of the molecule is NC(=O)CC(N)C(=O)N1CCC(C(=O)O)C(C(=O)O)C1. The fourth-order valence-electron chi connectivity index (χ4n) is 2.24. The first-order valence-electron chi connectivity index (χ1n) is 6.02. The Morgan fingerprint density at radius 1 is 1.15 bits per heavy atom. The number of carbonyl (C=O) groups excluding carboxylic acids is 2. The molecule has 20 heavy (non-hydrogen) atoms. The van der Waals surface area contributed by atoms with Crippen LogP contribution < -0.4 is 11.5 Å². The van der Waals surface area contributed by atoms with Crippen molar-refractivity contribution in [2.45, 2.75) is 18.9 Å². The maximum absolute atomic E-state index is 11.9. The van der Waals surface area contributed by atoms with E-state index >= 15 is 0 Å². The van der Waals surface area contributed by atoms with Gasteiger partial charge in [0.1, 0.15) is 0 Å². The highest BCUT2D eigenvalue weighted by molar-refractivity contribution is 5.88. The summed E-state index contributed by atoms with van der Waals surface area (Å²) in [6.07, 6.45) is -0.309. The van der Waals surface area contributed by atoms with E-state index in [9.17, 15) is 19.2 Å². The van der Waals surface area contributed by atoms with Crippen LogP contribution in [0.1, 0.15) is 12.8 Å². The molecule has 0 bridgehead atoms. The summed E-state index contributed by atoms with van der Waals surface area (Å²) in [4.78, 5) is 45.9. The molecule has 1 rings (SSSR count). The Kier molecular flexibility index (Phi) is 5.03. The molecular weight excluding hydrogens is 270 g/mol. The van der Waals surface area contributed by atoms with Gasteiger partial charge in [0.2, 0.25) is 11.8 Å². The van der Waals surface area contributed by atoms with E-state index < -0.39 is 41.6 Å². The van der Waals surface area contributed by atoms with Crippen LogP contribution in [0.4, 0.5) is 0 Å². The number of carboxylic acid groups (broad SMARTS) is 2. The molecule has 0 aliphatic carbocycles. The van der Waals surface area contributed by atoms with Crippen LogP contribution in [-0.2, 0) is 19.2 Å². The molecule has 0 radical (unpaired) electrons. The van der Waals surface area contributed by atoms with Crippen molar-refractivity contribution in [3.8, 4) is 0 Å². The van der Waals surface area contributed by atoms with Gasteiger partial charge in [-0.05, 0) is 6.42 Å². The fourth-order valence-corrected chi connectivity index (χ4v) is 2.24. The molecule has 1 fully saturated rings. The van der Waals surface area contributed by atoms with Gasteiger partial charge in [0.15, 0.2) is 0 Å². The van der Waals surface area contributed by atoms with Gasteiger partial charge >= 0.3 is 11.9 Å². The summed E-state index contributed by atoms with van der Waals surface area (Å²) in [5.41, 5.74) is 10.4. The molecule has 9 heteroatoms. The largest absolute Gasteiger partial charge is 0.481 e. The summed E-state index contributed by atoms with van der Waals surface area (Å²) >= 11 is 0. The first-order valence-corrected chi connectivity index (χ1v) is 6.02. The van der Waals surface area contributed by atoms with Crippen LogP contribution in [0.3, 0.4) is 0 Å². The topological polar surface area (TPSA) is 164 Å². The zero-order chi connectivity index (χ0) is 15.4. The van der Waals surface area contributed by atoms with E-state index in [0.717, 1.165) is 0 Å². The third-order valence-corrected chi connectivity index (χ3v) is 3.30. The minimum atomic E-state index is -1.28. The maximum Gasteiger partial charge on any atom is 0.309 e. The van der Waals surface area contributed by atoms with Gasteiger partial charge in [0, 0.05) is 13.1 Å². The molecular formula is C11H17N3O6. The second-order valence-corrected chi connectivity index (χ2v) is 4.74. The number of rotatable bonds is 5. The number of nitrogens with zero attached hydrogens (tertiary/aromatic N) is 1. The Bertz CT molecular complexity index is 438. The number of carboxylic acids is 2. The number of nitrogens with two attached hydrogens (primary N) is 2. The predicted octanol–water partition coefficient (Wildman–Crippen LogP) is -2.18. The number of likely N-dealkylation sites (tertiary alicyclic amines) is 1. The molecule has 1 aliphatic heterocycles. The van der Waals surface area contributed by atoms with Crippen molar-refractivity contribution < 1.29 is 29.4 Å². The molecule has 112 valence electrons. The van der Waals surface area contributed by atoms with Crippen molar-refractivity contribution in [2.75, 3.05) is 13.1 Å². The van der Waals surface area contributed by atoms with Crippen LogP contribution in [0, 0.1) is 11.8 Å². The minimum absolute atomic E-state index is 0.0291. The van der Waals surface area contributed by atoms with E-state index in [1.165, 1.54) is 4.90 Å². The lowest BCUT2D eigenvalue weighted by Crippen LogP contribution is -2.53. The summed E-state index contributed by atoms with van der Waals surface area (Å²) in [5.74, 6) is -6.04. The van der Waals surface area contributed by atoms with Gasteiger partial charge in [0.05, 0.1) is 24.3 Å². The first-order chi connectivity index (χ1) is 9.23. The van der Waals surface area contributed by atoms with Crippen LogP contribution in [0.15, 0.2) is 0 Å². The van der Waals surface area contributed by atoms with Crippen molar-refractivity contribution in [1.82, 2.24) is 4.90 Å². The summed E-state index contributed by atoms with van der Waals surface area (Å²) in [5, 5.41) is 18.0. The van der Waals surface area contributed by atoms with E-state index in [1.54, 1.807) is 0 Å². The third-order valence-electron chi connectivity index (χ3n) is 3.30.